The molecular formula is C23H36O5. The lowest BCUT2D eigenvalue weighted by Crippen LogP contribution is -2.09. The molecule has 0 saturated heterocycles. The second kappa shape index (κ2) is 16.0. The highest BCUT2D eigenvalue weighted by molar-refractivity contribution is 5.72. The van der Waals surface area contributed by atoms with Crippen LogP contribution in [0.15, 0.2) is 24.3 Å². The number of hydrogen-bond donors (Lipinski definition) is 0. The molecule has 0 fully saturated rings. The van der Waals surface area contributed by atoms with Crippen LogP contribution in [0.1, 0.15) is 83.1 Å². The summed E-state index contributed by atoms with van der Waals surface area (Å²) in [4.78, 5) is 23.5. The van der Waals surface area contributed by atoms with Gasteiger partial charge in [0.05, 0.1) is 13.7 Å². The van der Waals surface area contributed by atoms with Crippen molar-refractivity contribution >= 4 is 11.9 Å². The Morgan fingerprint density at radius 3 is 2.14 bits per heavy atom. The minimum atomic E-state index is -0.307. The summed E-state index contributed by atoms with van der Waals surface area (Å²) in [5.41, 5.74) is 0.873. The van der Waals surface area contributed by atoms with Gasteiger partial charge in [-0.2, -0.15) is 0 Å². The van der Waals surface area contributed by atoms with Gasteiger partial charge in [-0.3, -0.25) is 9.59 Å². The summed E-state index contributed by atoms with van der Waals surface area (Å²) in [6.45, 7) is 2.91. The van der Waals surface area contributed by atoms with Crippen LogP contribution in [0.2, 0.25) is 0 Å². The van der Waals surface area contributed by atoms with Gasteiger partial charge in [-0.25, -0.2) is 0 Å². The quantitative estimate of drug-likeness (QED) is 0.271. The largest absolute Gasteiger partial charge is 0.497 e. The van der Waals surface area contributed by atoms with E-state index in [-0.39, 0.29) is 31.4 Å². The van der Waals surface area contributed by atoms with E-state index < -0.39 is 0 Å². The highest BCUT2D eigenvalue weighted by Gasteiger charge is 2.08. The Morgan fingerprint density at radius 2 is 1.46 bits per heavy atom. The molecule has 0 unspecified atom stereocenters. The van der Waals surface area contributed by atoms with Crippen LogP contribution in [0.5, 0.6) is 5.75 Å². The van der Waals surface area contributed by atoms with Crippen molar-refractivity contribution in [1.29, 1.82) is 0 Å². The molecule has 0 N–H and O–H groups in total. The highest BCUT2D eigenvalue weighted by Crippen LogP contribution is 2.14. The lowest BCUT2D eigenvalue weighted by molar-refractivity contribution is -0.146. The van der Waals surface area contributed by atoms with E-state index in [1.54, 1.807) is 7.11 Å². The Hall–Kier alpha value is -2.04. The van der Waals surface area contributed by atoms with Crippen molar-refractivity contribution in [3.63, 3.8) is 0 Å². The van der Waals surface area contributed by atoms with E-state index >= 15 is 0 Å². The zero-order valence-corrected chi connectivity index (χ0v) is 17.5. The van der Waals surface area contributed by atoms with Crippen molar-refractivity contribution in [3.05, 3.63) is 29.8 Å². The van der Waals surface area contributed by atoms with Crippen molar-refractivity contribution in [2.75, 3.05) is 13.7 Å². The third-order valence-corrected chi connectivity index (χ3v) is 4.56. The summed E-state index contributed by atoms with van der Waals surface area (Å²) in [5.74, 6) is 0.190. The van der Waals surface area contributed by atoms with Crippen molar-refractivity contribution in [2.45, 2.75) is 84.2 Å². The van der Waals surface area contributed by atoms with E-state index in [0.29, 0.717) is 13.0 Å². The predicted octanol–water partition coefficient (Wildman–Crippen LogP) is 5.59. The van der Waals surface area contributed by atoms with E-state index in [2.05, 4.69) is 6.92 Å². The van der Waals surface area contributed by atoms with Crippen LogP contribution in [-0.2, 0) is 25.7 Å². The summed E-state index contributed by atoms with van der Waals surface area (Å²) in [5, 5.41) is 0. The van der Waals surface area contributed by atoms with E-state index in [4.69, 9.17) is 14.2 Å². The lowest BCUT2D eigenvalue weighted by atomic mass is 10.1. The topological polar surface area (TPSA) is 61.8 Å². The number of methoxy groups -OCH3 is 1. The first-order chi connectivity index (χ1) is 13.7. The highest BCUT2D eigenvalue weighted by atomic mass is 16.5. The van der Waals surface area contributed by atoms with Crippen LogP contribution in [-0.4, -0.2) is 25.7 Å². The fraction of sp³-hybridized carbons (Fsp3) is 0.652. The predicted molar refractivity (Wildman–Crippen MR) is 110 cm³/mol. The van der Waals surface area contributed by atoms with Gasteiger partial charge in [0.1, 0.15) is 12.4 Å². The lowest BCUT2D eigenvalue weighted by Gasteiger charge is -2.07. The minimum absolute atomic E-state index is 0.207. The van der Waals surface area contributed by atoms with Gasteiger partial charge in [0.15, 0.2) is 0 Å². The zero-order chi connectivity index (χ0) is 20.5. The zero-order valence-electron chi connectivity index (χ0n) is 17.5. The van der Waals surface area contributed by atoms with E-state index in [1.807, 2.05) is 24.3 Å². The Labute approximate surface area is 169 Å². The van der Waals surface area contributed by atoms with Gasteiger partial charge in [-0.15, -0.1) is 0 Å². The fourth-order valence-electron chi connectivity index (χ4n) is 2.87. The smallest absolute Gasteiger partial charge is 0.306 e. The average Bonchev–Trinajstić information content (AvgIpc) is 2.71. The first-order valence-corrected chi connectivity index (χ1v) is 10.6. The molecule has 1 rings (SSSR count). The third-order valence-electron chi connectivity index (χ3n) is 4.56. The molecule has 0 aliphatic carbocycles. The second-order valence-corrected chi connectivity index (χ2v) is 7.06. The molecule has 1 aromatic rings. The van der Waals surface area contributed by atoms with E-state index in [0.717, 1.165) is 24.2 Å². The minimum Gasteiger partial charge on any atom is -0.497 e. The number of carbonyl (C=O) groups is 2. The van der Waals surface area contributed by atoms with Gasteiger partial charge in [-0.05, 0) is 30.5 Å². The normalized spacial score (nSPS) is 10.5. The third kappa shape index (κ3) is 12.4. The maximum absolute atomic E-state index is 11.8. The van der Waals surface area contributed by atoms with E-state index in [9.17, 15) is 9.59 Å². The number of rotatable bonds is 16. The molecule has 0 spiro atoms. The molecule has 0 aliphatic heterocycles. The SMILES string of the molecule is CCCCCCCCCCOC(=O)CCCC(=O)OCc1cccc(OC)c1. The molecule has 158 valence electrons. The van der Waals surface area contributed by atoms with Crippen molar-refractivity contribution < 1.29 is 23.8 Å². The molecule has 0 aliphatic rings. The van der Waals surface area contributed by atoms with Crippen molar-refractivity contribution in [2.24, 2.45) is 0 Å². The first kappa shape index (κ1) is 24.0. The first-order valence-electron chi connectivity index (χ1n) is 10.6. The number of esters is 2. The second-order valence-electron chi connectivity index (χ2n) is 7.06. The van der Waals surface area contributed by atoms with Gasteiger partial charge in [0.2, 0.25) is 0 Å². The Kier molecular flexibility index (Phi) is 13.7. The Bertz CT molecular complexity index is 556. The summed E-state index contributed by atoms with van der Waals surface area (Å²) in [7, 11) is 1.60. The standard InChI is InChI=1S/C23H36O5/c1-3-4-5-6-7-8-9-10-17-27-22(24)15-12-16-23(25)28-19-20-13-11-14-21(18-20)26-2/h11,13-14,18H,3-10,12,15-17,19H2,1-2H3. The van der Waals surface area contributed by atoms with Gasteiger partial charge < -0.3 is 14.2 Å². The number of hydrogen-bond acceptors (Lipinski definition) is 5. The molecular weight excluding hydrogens is 356 g/mol. The number of ether oxygens (including phenoxy) is 3. The van der Waals surface area contributed by atoms with Crippen LogP contribution < -0.4 is 4.74 Å². The molecule has 0 heterocycles. The Morgan fingerprint density at radius 1 is 0.821 bits per heavy atom. The van der Waals surface area contributed by atoms with Crippen molar-refractivity contribution in [3.8, 4) is 5.75 Å². The summed E-state index contributed by atoms with van der Waals surface area (Å²) in [6.07, 6.45) is 10.7. The maximum Gasteiger partial charge on any atom is 0.306 e. The summed E-state index contributed by atoms with van der Waals surface area (Å²) < 4.78 is 15.6. The monoisotopic (exact) mass is 392 g/mol. The molecule has 0 aromatic heterocycles. The van der Waals surface area contributed by atoms with Crippen LogP contribution in [0.3, 0.4) is 0 Å². The van der Waals surface area contributed by atoms with E-state index in [1.165, 1.54) is 38.5 Å². The number of benzene rings is 1. The van der Waals surface area contributed by atoms with Gasteiger partial charge in [0, 0.05) is 12.8 Å². The van der Waals surface area contributed by atoms with Crippen LogP contribution in [0, 0.1) is 0 Å². The molecule has 5 heteroatoms. The molecule has 0 atom stereocenters. The molecule has 1 aromatic carbocycles. The van der Waals surface area contributed by atoms with Gasteiger partial charge in [-0.1, -0.05) is 64.0 Å². The van der Waals surface area contributed by atoms with Crippen LogP contribution >= 0.6 is 0 Å². The summed E-state index contributed by atoms with van der Waals surface area (Å²) >= 11 is 0. The Balaban J connectivity index is 1.98. The summed E-state index contributed by atoms with van der Waals surface area (Å²) in [6, 6.07) is 7.39. The van der Waals surface area contributed by atoms with Crippen LogP contribution in [0.4, 0.5) is 0 Å². The molecule has 28 heavy (non-hydrogen) atoms. The molecule has 0 amide bonds. The molecule has 5 nitrogen and oxygen atoms in total. The van der Waals surface area contributed by atoms with Gasteiger partial charge in [0.25, 0.3) is 0 Å². The van der Waals surface area contributed by atoms with Gasteiger partial charge >= 0.3 is 11.9 Å². The number of unbranched alkanes of at least 4 members (excludes halogenated alkanes) is 7. The molecule has 0 bridgehead atoms. The number of carbonyl (C=O) groups excluding carboxylic acids is 2. The molecule has 0 saturated carbocycles. The molecule has 0 radical (unpaired) electrons. The average molecular weight is 393 g/mol. The van der Waals surface area contributed by atoms with Crippen LogP contribution in [0.25, 0.3) is 0 Å². The maximum atomic E-state index is 11.8. The van der Waals surface area contributed by atoms with Crippen molar-refractivity contribution in [1.82, 2.24) is 0 Å². The fourth-order valence-corrected chi connectivity index (χ4v) is 2.87.